The van der Waals surface area contributed by atoms with Gasteiger partial charge in [-0.3, -0.25) is 0 Å². The Hall–Kier alpha value is -1.17. The summed E-state index contributed by atoms with van der Waals surface area (Å²) in [6.45, 7) is 2.64. The van der Waals surface area contributed by atoms with Crippen molar-refractivity contribution in [2.45, 2.75) is 25.0 Å². The van der Waals surface area contributed by atoms with E-state index in [1.54, 1.807) is 7.11 Å². The van der Waals surface area contributed by atoms with E-state index in [-0.39, 0.29) is 6.04 Å². The second-order valence-electron chi connectivity index (χ2n) is 5.66. The van der Waals surface area contributed by atoms with E-state index < -0.39 is 5.60 Å². The molecular weight excluding hydrogens is 286 g/mol. The quantitative estimate of drug-likeness (QED) is 0.889. The van der Waals surface area contributed by atoms with Crippen LogP contribution in [0.3, 0.4) is 0 Å². The summed E-state index contributed by atoms with van der Waals surface area (Å²) in [4.78, 5) is 0. The van der Waals surface area contributed by atoms with Crippen LogP contribution in [-0.4, -0.2) is 35.9 Å². The van der Waals surface area contributed by atoms with E-state index in [9.17, 15) is 5.11 Å². The maximum atomic E-state index is 10.4. The zero-order valence-corrected chi connectivity index (χ0v) is 13.2. The highest BCUT2D eigenvalue weighted by Crippen LogP contribution is 2.32. The predicted octanol–water partition coefficient (Wildman–Crippen LogP) is 2.96. The van der Waals surface area contributed by atoms with Crippen LogP contribution in [0.2, 0.25) is 0 Å². The van der Waals surface area contributed by atoms with Gasteiger partial charge >= 0.3 is 0 Å². The maximum Gasteiger partial charge on any atom is 0.176 e. The fraction of sp³-hybridized carbons (Fsp3) is 0.500. The number of aliphatic hydroxyl groups is 1. The average molecular weight is 307 g/mol. The van der Waals surface area contributed by atoms with Crippen LogP contribution in [-0.2, 0) is 0 Å². The minimum Gasteiger partial charge on any atom is -0.493 e. The normalized spacial score (nSPS) is 23.6. The molecule has 1 aromatic heterocycles. The first-order valence-electron chi connectivity index (χ1n) is 7.21. The number of benzene rings is 1. The number of hydrogen-bond donors (Lipinski definition) is 2. The second kappa shape index (κ2) is 5.91. The molecule has 2 aromatic rings. The fourth-order valence-electron chi connectivity index (χ4n) is 2.61. The second-order valence-corrected chi connectivity index (χ2v) is 6.76. The first-order chi connectivity index (χ1) is 10.1. The van der Waals surface area contributed by atoms with Crippen molar-refractivity contribution in [1.29, 1.82) is 0 Å². The molecule has 114 valence electrons. The molecule has 2 atom stereocenters. The van der Waals surface area contributed by atoms with Gasteiger partial charge in [0.1, 0.15) is 5.76 Å². The van der Waals surface area contributed by atoms with Crippen LogP contribution in [0.1, 0.15) is 25.1 Å². The number of ether oxygens (including phenoxy) is 1. The van der Waals surface area contributed by atoms with E-state index in [0.717, 1.165) is 40.4 Å². The first kappa shape index (κ1) is 14.8. The first-order valence-corrected chi connectivity index (χ1v) is 8.37. The van der Waals surface area contributed by atoms with Gasteiger partial charge in [-0.25, -0.2) is 0 Å². The Morgan fingerprint density at radius 2 is 2.38 bits per heavy atom. The van der Waals surface area contributed by atoms with Gasteiger partial charge in [0.25, 0.3) is 0 Å². The summed E-state index contributed by atoms with van der Waals surface area (Å²) in [6, 6.07) is 7.95. The zero-order chi connectivity index (χ0) is 14.9. The number of methoxy groups -OCH3 is 1. The van der Waals surface area contributed by atoms with Gasteiger partial charge in [0.15, 0.2) is 11.3 Å². The molecule has 0 spiro atoms. The van der Waals surface area contributed by atoms with E-state index >= 15 is 0 Å². The van der Waals surface area contributed by atoms with Gasteiger partial charge in [0.2, 0.25) is 0 Å². The summed E-state index contributed by atoms with van der Waals surface area (Å²) in [5.74, 6) is 3.45. The number of nitrogens with one attached hydrogen (secondary N) is 1. The zero-order valence-electron chi connectivity index (χ0n) is 12.4. The topological polar surface area (TPSA) is 54.6 Å². The SMILES string of the molecule is COc1cccc2cc([C@H](C)NC[C@]3(O)CCSC3)oc12. The van der Waals surface area contributed by atoms with Crippen molar-refractivity contribution in [3.8, 4) is 5.75 Å². The molecule has 1 saturated heterocycles. The third-order valence-corrected chi connectivity index (χ3v) is 5.23. The van der Waals surface area contributed by atoms with Crippen LogP contribution >= 0.6 is 11.8 Å². The molecule has 0 saturated carbocycles. The lowest BCUT2D eigenvalue weighted by Gasteiger charge is -2.23. The number of para-hydroxylation sites is 1. The number of hydrogen-bond acceptors (Lipinski definition) is 5. The van der Waals surface area contributed by atoms with E-state index in [2.05, 4.69) is 12.2 Å². The van der Waals surface area contributed by atoms with Crippen molar-refractivity contribution >= 4 is 22.7 Å². The van der Waals surface area contributed by atoms with Crippen LogP contribution in [0.5, 0.6) is 5.75 Å². The van der Waals surface area contributed by atoms with E-state index in [1.165, 1.54) is 0 Å². The molecule has 1 aliphatic heterocycles. The minimum atomic E-state index is -0.581. The lowest BCUT2D eigenvalue weighted by Crippen LogP contribution is -2.41. The third-order valence-electron chi connectivity index (χ3n) is 3.99. The monoisotopic (exact) mass is 307 g/mol. The van der Waals surface area contributed by atoms with Gasteiger partial charge in [0, 0.05) is 17.7 Å². The van der Waals surface area contributed by atoms with Gasteiger partial charge in [-0.15, -0.1) is 0 Å². The van der Waals surface area contributed by atoms with Crippen LogP contribution in [0.4, 0.5) is 0 Å². The molecule has 0 unspecified atom stereocenters. The van der Waals surface area contributed by atoms with E-state index in [0.29, 0.717) is 6.54 Å². The van der Waals surface area contributed by atoms with Gasteiger partial charge in [0.05, 0.1) is 18.8 Å². The van der Waals surface area contributed by atoms with Gasteiger partial charge in [-0.05, 0) is 31.2 Å². The molecule has 0 amide bonds. The third kappa shape index (κ3) is 3.05. The van der Waals surface area contributed by atoms with Gasteiger partial charge < -0.3 is 19.6 Å². The van der Waals surface area contributed by atoms with Crippen LogP contribution < -0.4 is 10.1 Å². The minimum absolute atomic E-state index is 0.0525. The number of furan rings is 1. The molecule has 5 heteroatoms. The summed E-state index contributed by atoms with van der Waals surface area (Å²) >= 11 is 1.81. The molecule has 0 bridgehead atoms. The highest BCUT2D eigenvalue weighted by molar-refractivity contribution is 7.99. The van der Waals surface area contributed by atoms with E-state index in [1.807, 2.05) is 36.0 Å². The molecule has 21 heavy (non-hydrogen) atoms. The number of fused-ring (bicyclic) bond motifs is 1. The summed E-state index contributed by atoms with van der Waals surface area (Å²) in [6.07, 6.45) is 0.853. The smallest absolute Gasteiger partial charge is 0.176 e. The highest BCUT2D eigenvalue weighted by atomic mass is 32.2. The van der Waals surface area contributed by atoms with Gasteiger partial charge in [-0.1, -0.05) is 12.1 Å². The molecule has 4 nitrogen and oxygen atoms in total. The fourth-order valence-corrected chi connectivity index (χ4v) is 3.90. The Kier molecular flexibility index (Phi) is 4.15. The van der Waals surface area contributed by atoms with Crippen molar-refractivity contribution in [2.24, 2.45) is 0 Å². The Labute approximate surface area is 128 Å². The maximum absolute atomic E-state index is 10.4. The molecule has 0 aliphatic carbocycles. The molecular formula is C16H21NO3S. The molecule has 3 rings (SSSR count). The summed E-state index contributed by atoms with van der Waals surface area (Å²) < 4.78 is 11.2. The lowest BCUT2D eigenvalue weighted by molar-refractivity contribution is 0.0644. The molecule has 1 aromatic carbocycles. The van der Waals surface area contributed by atoms with Gasteiger partial charge in [-0.2, -0.15) is 11.8 Å². The molecule has 1 aliphatic rings. The predicted molar refractivity (Wildman–Crippen MR) is 86.1 cm³/mol. The highest BCUT2D eigenvalue weighted by Gasteiger charge is 2.32. The van der Waals surface area contributed by atoms with Crippen LogP contribution in [0.15, 0.2) is 28.7 Å². The van der Waals surface area contributed by atoms with Crippen molar-refractivity contribution in [3.05, 3.63) is 30.0 Å². The lowest BCUT2D eigenvalue weighted by atomic mass is 10.0. The Morgan fingerprint density at radius 3 is 3.10 bits per heavy atom. The molecule has 2 heterocycles. The number of rotatable bonds is 5. The van der Waals surface area contributed by atoms with E-state index in [4.69, 9.17) is 9.15 Å². The van der Waals surface area contributed by atoms with Crippen LogP contribution in [0.25, 0.3) is 11.0 Å². The van der Waals surface area contributed by atoms with Crippen LogP contribution in [0, 0.1) is 0 Å². The van der Waals surface area contributed by atoms with Crippen molar-refractivity contribution in [1.82, 2.24) is 5.32 Å². The average Bonchev–Trinajstić information content (AvgIpc) is 3.11. The molecule has 0 radical (unpaired) electrons. The Bertz CT molecular complexity index is 619. The summed E-state index contributed by atoms with van der Waals surface area (Å²) in [7, 11) is 1.64. The Morgan fingerprint density at radius 1 is 1.52 bits per heavy atom. The standard InChI is InChI=1S/C16H21NO3S/c1-11(17-9-16(18)6-7-21-10-16)14-8-12-4-3-5-13(19-2)15(12)20-14/h3-5,8,11,17-18H,6-7,9-10H2,1-2H3/t11-,16+/m0/s1. The number of thioether (sulfide) groups is 1. The van der Waals surface area contributed by atoms with Crippen molar-refractivity contribution in [2.75, 3.05) is 25.2 Å². The Balaban J connectivity index is 1.74. The largest absolute Gasteiger partial charge is 0.493 e. The molecule has 2 N–H and O–H groups in total. The van der Waals surface area contributed by atoms with Crippen molar-refractivity contribution < 1.29 is 14.3 Å². The summed E-state index contributed by atoms with van der Waals surface area (Å²) in [5, 5.41) is 14.8. The summed E-state index contributed by atoms with van der Waals surface area (Å²) in [5.41, 5.74) is 0.196. The van der Waals surface area contributed by atoms with Crippen molar-refractivity contribution in [3.63, 3.8) is 0 Å². The molecule has 1 fully saturated rings.